The first-order valence-corrected chi connectivity index (χ1v) is 10.1. The lowest BCUT2D eigenvalue weighted by atomic mass is 9.99. The molecule has 0 saturated carbocycles. The molecular formula is C23H33N5O3. The van der Waals surface area contributed by atoms with Gasteiger partial charge in [0.1, 0.15) is 19.2 Å². The maximum atomic E-state index is 12.6. The van der Waals surface area contributed by atoms with Gasteiger partial charge in [0.15, 0.2) is 6.23 Å². The Hall–Kier alpha value is -3.18. The van der Waals surface area contributed by atoms with Crippen molar-refractivity contribution in [3.05, 3.63) is 46.8 Å². The third kappa shape index (κ3) is 7.23. The molecule has 0 aromatic rings. The number of amides is 1. The highest BCUT2D eigenvalue weighted by Gasteiger charge is 2.28. The molecule has 0 saturated heterocycles. The molecule has 1 aliphatic carbocycles. The van der Waals surface area contributed by atoms with E-state index in [2.05, 4.69) is 23.3 Å². The van der Waals surface area contributed by atoms with Crippen molar-refractivity contribution in [2.24, 2.45) is 10.7 Å². The first-order chi connectivity index (χ1) is 14.7. The van der Waals surface area contributed by atoms with E-state index in [-0.39, 0.29) is 18.0 Å². The van der Waals surface area contributed by atoms with E-state index in [1.54, 1.807) is 19.3 Å². The number of aliphatic imine (C=N–C) groups is 1. The summed E-state index contributed by atoms with van der Waals surface area (Å²) in [7, 11) is 1.60. The fourth-order valence-electron chi connectivity index (χ4n) is 3.56. The molecule has 8 heteroatoms. The molecule has 1 heterocycles. The van der Waals surface area contributed by atoms with Gasteiger partial charge < -0.3 is 25.5 Å². The van der Waals surface area contributed by atoms with E-state index in [1.807, 2.05) is 44.6 Å². The second-order valence-corrected chi connectivity index (χ2v) is 7.90. The van der Waals surface area contributed by atoms with Crippen LogP contribution in [0.1, 0.15) is 47.0 Å². The topological polar surface area (TPSA) is 121 Å². The number of amidine groups is 1. The van der Waals surface area contributed by atoms with Crippen LogP contribution in [-0.2, 0) is 14.3 Å². The highest BCUT2D eigenvalue weighted by Crippen LogP contribution is 2.27. The maximum absolute atomic E-state index is 12.6. The maximum Gasteiger partial charge on any atom is 0.240 e. The smallest absolute Gasteiger partial charge is 0.240 e. The molecule has 1 aliphatic heterocycles. The SMILES string of the molecule is C=O.CCCC(C)(C)NC(=O)CN1C(C)=NC(C2=C(N)C=C(C#N)C=CC2)=CC1OC. The van der Waals surface area contributed by atoms with Gasteiger partial charge in [-0.1, -0.05) is 19.4 Å². The molecule has 0 radical (unpaired) electrons. The Morgan fingerprint density at radius 1 is 1.48 bits per heavy atom. The van der Waals surface area contributed by atoms with Crippen molar-refractivity contribution in [2.75, 3.05) is 13.7 Å². The van der Waals surface area contributed by atoms with Crippen molar-refractivity contribution < 1.29 is 14.3 Å². The second kappa shape index (κ2) is 11.9. The first-order valence-electron chi connectivity index (χ1n) is 10.1. The van der Waals surface area contributed by atoms with E-state index >= 15 is 0 Å². The van der Waals surface area contributed by atoms with Crippen molar-refractivity contribution in [1.82, 2.24) is 10.2 Å². The normalized spacial score (nSPS) is 18.6. The zero-order chi connectivity index (χ0) is 23.6. The van der Waals surface area contributed by atoms with E-state index in [9.17, 15) is 4.79 Å². The quantitative estimate of drug-likeness (QED) is 0.644. The van der Waals surface area contributed by atoms with Crippen molar-refractivity contribution in [3.8, 4) is 6.07 Å². The van der Waals surface area contributed by atoms with Crippen LogP contribution in [0.4, 0.5) is 0 Å². The molecule has 0 aromatic heterocycles. The highest BCUT2D eigenvalue weighted by atomic mass is 16.5. The summed E-state index contributed by atoms with van der Waals surface area (Å²) < 4.78 is 5.62. The number of nitrogens with zero attached hydrogens (tertiary/aromatic N) is 3. The molecule has 1 unspecified atom stereocenters. The van der Waals surface area contributed by atoms with Gasteiger partial charge in [-0.15, -0.1) is 0 Å². The Morgan fingerprint density at radius 2 is 2.16 bits per heavy atom. The number of nitrogens with one attached hydrogen (secondary N) is 1. The number of carbonyl (C=O) groups excluding carboxylic acids is 2. The Balaban J connectivity index is 0.00000233. The molecule has 1 amide bonds. The zero-order valence-electron chi connectivity index (χ0n) is 19.1. The third-order valence-corrected chi connectivity index (χ3v) is 4.93. The average molecular weight is 428 g/mol. The first kappa shape index (κ1) is 25.9. The number of methoxy groups -OCH3 is 1. The lowest BCUT2D eigenvalue weighted by Crippen LogP contribution is -2.51. The minimum absolute atomic E-state index is 0.0744. The van der Waals surface area contributed by atoms with E-state index in [0.29, 0.717) is 29.2 Å². The average Bonchev–Trinajstić information content (AvgIpc) is 2.91. The van der Waals surface area contributed by atoms with E-state index < -0.39 is 6.23 Å². The molecule has 168 valence electrons. The van der Waals surface area contributed by atoms with Gasteiger partial charge in [-0.2, -0.15) is 5.26 Å². The molecule has 31 heavy (non-hydrogen) atoms. The van der Waals surface area contributed by atoms with Crippen LogP contribution in [0.15, 0.2) is 51.8 Å². The van der Waals surface area contributed by atoms with Crippen LogP contribution in [0.5, 0.6) is 0 Å². The highest BCUT2D eigenvalue weighted by molar-refractivity contribution is 5.88. The van der Waals surface area contributed by atoms with Crippen LogP contribution in [0.25, 0.3) is 0 Å². The van der Waals surface area contributed by atoms with Gasteiger partial charge in [-0.25, -0.2) is 4.99 Å². The number of rotatable bonds is 7. The molecule has 0 spiro atoms. The van der Waals surface area contributed by atoms with E-state index in [1.165, 1.54) is 0 Å². The summed E-state index contributed by atoms with van der Waals surface area (Å²) in [5, 5.41) is 12.2. The summed E-state index contributed by atoms with van der Waals surface area (Å²) in [5.41, 5.74) is 8.50. The summed E-state index contributed by atoms with van der Waals surface area (Å²) in [4.78, 5) is 27.1. The summed E-state index contributed by atoms with van der Waals surface area (Å²) >= 11 is 0. The predicted molar refractivity (Wildman–Crippen MR) is 122 cm³/mol. The lowest BCUT2D eigenvalue weighted by molar-refractivity contribution is -0.124. The fraction of sp³-hybridized carbons (Fsp3) is 0.478. The zero-order valence-corrected chi connectivity index (χ0v) is 19.1. The minimum atomic E-state index is -0.436. The number of nitriles is 1. The van der Waals surface area contributed by atoms with Crippen LogP contribution in [-0.4, -0.2) is 48.9 Å². The fourth-order valence-corrected chi connectivity index (χ4v) is 3.56. The molecule has 1 atom stereocenters. The number of hydrogen-bond acceptors (Lipinski definition) is 7. The molecule has 0 fully saturated rings. The van der Waals surface area contributed by atoms with Crippen LogP contribution >= 0.6 is 0 Å². The summed E-state index contributed by atoms with van der Waals surface area (Å²) in [6, 6.07) is 2.11. The predicted octanol–water partition coefficient (Wildman–Crippen LogP) is 2.71. The Morgan fingerprint density at radius 3 is 2.74 bits per heavy atom. The Kier molecular flexibility index (Phi) is 9.90. The Labute approximate surface area is 184 Å². The summed E-state index contributed by atoms with van der Waals surface area (Å²) in [6.07, 6.45) is 9.20. The van der Waals surface area contributed by atoms with Gasteiger partial charge in [0.25, 0.3) is 0 Å². The minimum Gasteiger partial charge on any atom is -0.398 e. The van der Waals surface area contributed by atoms with Crippen LogP contribution < -0.4 is 11.1 Å². The number of nitrogens with two attached hydrogens (primary N) is 1. The summed E-state index contributed by atoms with van der Waals surface area (Å²) in [6.45, 7) is 10.1. The second-order valence-electron chi connectivity index (χ2n) is 7.90. The van der Waals surface area contributed by atoms with Gasteiger partial charge in [0, 0.05) is 23.9 Å². The largest absolute Gasteiger partial charge is 0.398 e. The number of allylic oxidation sites excluding steroid dienone is 5. The molecule has 8 nitrogen and oxygen atoms in total. The Bertz CT molecular complexity index is 859. The third-order valence-electron chi connectivity index (χ3n) is 4.93. The molecule has 2 rings (SSSR count). The van der Waals surface area contributed by atoms with Gasteiger partial charge >= 0.3 is 0 Å². The number of ether oxygens (including phenoxy) is 1. The molecule has 0 aromatic carbocycles. The molecular weight excluding hydrogens is 394 g/mol. The van der Waals surface area contributed by atoms with Crippen molar-refractivity contribution >= 4 is 18.5 Å². The number of hydrogen-bond donors (Lipinski definition) is 2. The number of carbonyl (C=O) groups is 2. The van der Waals surface area contributed by atoms with Crippen molar-refractivity contribution in [3.63, 3.8) is 0 Å². The van der Waals surface area contributed by atoms with Gasteiger partial charge in [0.2, 0.25) is 5.91 Å². The molecule has 0 bridgehead atoms. The standard InChI is InChI=1S/C22H31N5O2.CH2O/c1-6-10-22(3,4)26-20(28)14-27-15(2)25-19(12-21(27)29-5)17-9-7-8-16(13-23)11-18(17)24;1-2/h7-8,11-12,21H,6,9-10,14,24H2,1-5H3,(H,26,28);1H2. The van der Waals surface area contributed by atoms with Crippen LogP contribution in [0.2, 0.25) is 0 Å². The lowest BCUT2D eigenvalue weighted by Gasteiger charge is -2.35. The van der Waals surface area contributed by atoms with Gasteiger partial charge in [-0.05, 0) is 51.8 Å². The van der Waals surface area contributed by atoms with Gasteiger partial charge in [-0.3, -0.25) is 4.79 Å². The van der Waals surface area contributed by atoms with E-state index in [4.69, 9.17) is 20.5 Å². The van der Waals surface area contributed by atoms with Crippen LogP contribution in [0.3, 0.4) is 0 Å². The van der Waals surface area contributed by atoms with Crippen LogP contribution in [0, 0.1) is 11.3 Å². The summed E-state index contributed by atoms with van der Waals surface area (Å²) in [5.74, 6) is 0.602. The monoisotopic (exact) mass is 427 g/mol. The van der Waals surface area contributed by atoms with Crippen molar-refractivity contribution in [1.29, 1.82) is 5.26 Å². The van der Waals surface area contributed by atoms with Crippen molar-refractivity contribution in [2.45, 2.75) is 58.7 Å². The van der Waals surface area contributed by atoms with Gasteiger partial charge in [0.05, 0.1) is 17.3 Å². The van der Waals surface area contributed by atoms with E-state index in [0.717, 1.165) is 18.4 Å². The molecule has 2 aliphatic rings. The molecule has 3 N–H and O–H groups in total.